The number of aryl methyl sites for hydroxylation is 1. The van der Waals surface area contributed by atoms with Gasteiger partial charge in [0.1, 0.15) is 0 Å². The number of carbonyl (C=O) groups is 1. The molecule has 4 heteroatoms. The molecule has 2 aromatic rings. The van der Waals surface area contributed by atoms with Crippen LogP contribution in [0, 0.1) is 12.3 Å². The smallest absolute Gasteiger partial charge is 0.255 e. The number of carbonyl (C=O) groups excluding carboxylic acids is 1. The number of benzene rings is 2. The minimum absolute atomic E-state index is 0.145. The Balaban J connectivity index is 1.55. The fourth-order valence-electron chi connectivity index (χ4n) is 4.27. The predicted molar refractivity (Wildman–Crippen MR) is 106 cm³/mol. The van der Waals surface area contributed by atoms with Crippen molar-refractivity contribution in [3.05, 3.63) is 59.7 Å². The second kappa shape index (κ2) is 7.12. The van der Waals surface area contributed by atoms with Gasteiger partial charge in [0.15, 0.2) is 0 Å². The van der Waals surface area contributed by atoms with Crippen molar-refractivity contribution in [1.29, 1.82) is 0 Å². The van der Waals surface area contributed by atoms with Crippen molar-refractivity contribution in [2.75, 3.05) is 31.5 Å². The van der Waals surface area contributed by atoms with Gasteiger partial charge in [-0.25, -0.2) is 0 Å². The molecule has 1 amide bonds. The molecule has 4 nitrogen and oxygen atoms in total. The van der Waals surface area contributed by atoms with Gasteiger partial charge in [-0.15, -0.1) is 0 Å². The molecular formula is C22H27N3O. The van der Waals surface area contributed by atoms with E-state index in [2.05, 4.69) is 46.7 Å². The number of para-hydroxylation sites is 1. The Labute approximate surface area is 155 Å². The maximum Gasteiger partial charge on any atom is 0.255 e. The second-order valence-corrected chi connectivity index (χ2v) is 7.79. The van der Waals surface area contributed by atoms with Crippen molar-refractivity contribution in [1.82, 2.24) is 10.2 Å². The average molecular weight is 349 g/mol. The van der Waals surface area contributed by atoms with Crippen LogP contribution < -0.4 is 10.6 Å². The number of amides is 1. The Bertz CT molecular complexity index is 778. The molecule has 26 heavy (non-hydrogen) atoms. The van der Waals surface area contributed by atoms with Gasteiger partial charge >= 0.3 is 0 Å². The minimum Gasteiger partial charge on any atom is -0.355 e. The quantitative estimate of drug-likeness (QED) is 0.882. The van der Waals surface area contributed by atoms with Crippen molar-refractivity contribution in [2.24, 2.45) is 5.41 Å². The van der Waals surface area contributed by atoms with Gasteiger partial charge in [-0.1, -0.05) is 29.8 Å². The van der Waals surface area contributed by atoms with Crippen molar-refractivity contribution >= 4 is 17.3 Å². The summed E-state index contributed by atoms with van der Waals surface area (Å²) >= 11 is 0. The van der Waals surface area contributed by atoms with E-state index in [1.165, 1.54) is 18.4 Å². The molecule has 2 N–H and O–H groups in total. The zero-order valence-corrected chi connectivity index (χ0v) is 15.4. The monoisotopic (exact) mass is 349 g/mol. The zero-order chi connectivity index (χ0) is 18.0. The first kappa shape index (κ1) is 17.1. The number of nitrogens with zero attached hydrogens (tertiary/aromatic N) is 1. The highest BCUT2D eigenvalue weighted by Gasteiger charge is 2.39. The second-order valence-electron chi connectivity index (χ2n) is 7.79. The predicted octanol–water partition coefficient (Wildman–Crippen LogP) is 3.95. The molecule has 0 aliphatic carbocycles. The fraction of sp³-hybridized carbons (Fsp3) is 0.409. The van der Waals surface area contributed by atoms with Gasteiger partial charge < -0.3 is 15.5 Å². The number of rotatable bonds is 3. The first-order chi connectivity index (χ1) is 12.7. The number of hydrogen-bond acceptors (Lipinski definition) is 3. The third-order valence-corrected chi connectivity index (χ3v) is 5.77. The highest BCUT2D eigenvalue weighted by atomic mass is 16.2. The molecule has 1 unspecified atom stereocenters. The van der Waals surface area contributed by atoms with E-state index >= 15 is 0 Å². The number of anilines is 2. The van der Waals surface area contributed by atoms with Crippen LogP contribution in [-0.2, 0) is 0 Å². The van der Waals surface area contributed by atoms with Crippen molar-refractivity contribution < 1.29 is 4.79 Å². The van der Waals surface area contributed by atoms with E-state index in [0.29, 0.717) is 0 Å². The molecule has 2 saturated heterocycles. The summed E-state index contributed by atoms with van der Waals surface area (Å²) in [7, 11) is 0. The molecule has 1 atom stereocenters. The zero-order valence-electron chi connectivity index (χ0n) is 15.4. The third-order valence-electron chi connectivity index (χ3n) is 5.77. The molecule has 2 aliphatic rings. The van der Waals surface area contributed by atoms with E-state index in [0.717, 1.165) is 49.5 Å². The molecule has 1 spiro atoms. The van der Waals surface area contributed by atoms with Gasteiger partial charge in [0.05, 0.1) is 11.3 Å². The normalized spacial score (nSPS) is 22.6. The van der Waals surface area contributed by atoms with Crippen LogP contribution in [-0.4, -0.2) is 37.0 Å². The molecule has 0 aromatic heterocycles. The van der Waals surface area contributed by atoms with E-state index in [-0.39, 0.29) is 11.3 Å². The van der Waals surface area contributed by atoms with Gasteiger partial charge in [0.2, 0.25) is 0 Å². The number of likely N-dealkylation sites (tertiary alicyclic amines) is 1. The molecule has 2 aromatic carbocycles. The Hall–Kier alpha value is -2.33. The minimum atomic E-state index is 0.145. The Morgan fingerprint density at radius 1 is 1.12 bits per heavy atom. The number of piperidine rings is 1. The first-order valence-electron chi connectivity index (χ1n) is 9.58. The molecule has 2 fully saturated rings. The van der Waals surface area contributed by atoms with Gasteiger partial charge in [0.25, 0.3) is 5.91 Å². The van der Waals surface area contributed by atoms with Gasteiger partial charge in [-0.3, -0.25) is 4.79 Å². The number of nitrogens with one attached hydrogen (secondary N) is 2. The van der Waals surface area contributed by atoms with E-state index in [4.69, 9.17) is 0 Å². The van der Waals surface area contributed by atoms with Crippen molar-refractivity contribution in [3.8, 4) is 0 Å². The van der Waals surface area contributed by atoms with Crippen LogP contribution in [0.4, 0.5) is 11.4 Å². The summed E-state index contributed by atoms with van der Waals surface area (Å²) in [5.74, 6) is 0.145. The average Bonchev–Trinajstić information content (AvgIpc) is 3.11. The highest BCUT2D eigenvalue weighted by molar-refractivity contribution is 6.00. The molecule has 2 heterocycles. The lowest BCUT2D eigenvalue weighted by Crippen LogP contribution is -2.47. The largest absolute Gasteiger partial charge is 0.355 e. The fourth-order valence-corrected chi connectivity index (χ4v) is 4.27. The summed E-state index contributed by atoms with van der Waals surface area (Å²) in [5.41, 5.74) is 4.16. The number of hydrogen-bond donors (Lipinski definition) is 2. The van der Waals surface area contributed by atoms with Crippen molar-refractivity contribution in [2.45, 2.75) is 26.2 Å². The standard InChI is InChI=1S/C22H27N3O/c1-17-7-9-18(10-8-17)24-20-6-3-2-5-19(20)21(26)25-14-4-11-22(16-25)12-13-23-15-22/h2-3,5-10,23-24H,4,11-16H2,1H3. The Morgan fingerprint density at radius 3 is 2.69 bits per heavy atom. The maximum absolute atomic E-state index is 13.3. The first-order valence-corrected chi connectivity index (χ1v) is 9.58. The van der Waals surface area contributed by atoms with Gasteiger partial charge in [-0.05, 0) is 57.0 Å². The van der Waals surface area contributed by atoms with Crippen LogP contribution in [0.15, 0.2) is 48.5 Å². The molecule has 0 saturated carbocycles. The molecule has 0 radical (unpaired) electrons. The molecule has 4 rings (SSSR count). The highest BCUT2D eigenvalue weighted by Crippen LogP contribution is 2.36. The SMILES string of the molecule is Cc1ccc(Nc2ccccc2C(=O)N2CCCC3(CCNC3)C2)cc1. The molecule has 2 aliphatic heterocycles. The van der Waals surface area contributed by atoms with Crippen LogP contribution in [0.1, 0.15) is 35.2 Å². The Kier molecular flexibility index (Phi) is 4.68. The van der Waals surface area contributed by atoms with Crippen LogP contribution in [0.5, 0.6) is 0 Å². The summed E-state index contributed by atoms with van der Waals surface area (Å²) in [6.07, 6.45) is 3.51. The lowest BCUT2D eigenvalue weighted by Gasteiger charge is -2.40. The van der Waals surface area contributed by atoms with Gasteiger partial charge in [-0.2, -0.15) is 0 Å². The summed E-state index contributed by atoms with van der Waals surface area (Å²) in [6, 6.07) is 16.1. The summed E-state index contributed by atoms with van der Waals surface area (Å²) in [4.78, 5) is 15.3. The third kappa shape index (κ3) is 3.47. The van der Waals surface area contributed by atoms with Crippen LogP contribution in [0.3, 0.4) is 0 Å². The maximum atomic E-state index is 13.3. The topological polar surface area (TPSA) is 44.4 Å². The van der Waals surface area contributed by atoms with Crippen LogP contribution in [0.2, 0.25) is 0 Å². The van der Waals surface area contributed by atoms with Gasteiger partial charge in [0, 0.05) is 30.7 Å². The van der Waals surface area contributed by atoms with Crippen molar-refractivity contribution in [3.63, 3.8) is 0 Å². The molecular weight excluding hydrogens is 322 g/mol. The lowest BCUT2D eigenvalue weighted by molar-refractivity contribution is 0.0554. The van der Waals surface area contributed by atoms with E-state index in [9.17, 15) is 4.79 Å². The molecule has 0 bridgehead atoms. The van der Waals surface area contributed by atoms with Crippen LogP contribution in [0.25, 0.3) is 0 Å². The van der Waals surface area contributed by atoms with Crippen LogP contribution >= 0.6 is 0 Å². The summed E-state index contributed by atoms with van der Waals surface area (Å²) in [5, 5.41) is 6.90. The van der Waals surface area contributed by atoms with E-state index < -0.39 is 0 Å². The summed E-state index contributed by atoms with van der Waals surface area (Å²) in [6.45, 7) is 5.93. The van der Waals surface area contributed by atoms with E-state index in [1.807, 2.05) is 24.3 Å². The molecule has 136 valence electrons. The lowest BCUT2D eigenvalue weighted by atomic mass is 9.79. The Morgan fingerprint density at radius 2 is 1.92 bits per heavy atom. The van der Waals surface area contributed by atoms with E-state index in [1.54, 1.807) is 0 Å². The summed E-state index contributed by atoms with van der Waals surface area (Å²) < 4.78 is 0.